The first-order valence-corrected chi connectivity index (χ1v) is 5.46. The van der Waals surface area contributed by atoms with Crippen molar-refractivity contribution in [2.75, 3.05) is 12.5 Å². The Bertz CT molecular complexity index is 395. The van der Waals surface area contributed by atoms with Crippen molar-refractivity contribution in [3.05, 3.63) is 24.0 Å². The second kappa shape index (κ2) is 4.59. The zero-order valence-corrected chi connectivity index (χ0v) is 8.66. The number of hydrazine groups is 1. The van der Waals surface area contributed by atoms with Crippen LogP contribution in [0.4, 0.5) is 10.1 Å². The van der Waals surface area contributed by atoms with Crippen molar-refractivity contribution in [2.45, 2.75) is 0 Å². The van der Waals surface area contributed by atoms with Gasteiger partial charge in [-0.15, -0.1) is 5.20 Å². The molecule has 0 atom stereocenters. The van der Waals surface area contributed by atoms with E-state index in [0.29, 0.717) is 0 Å². The fourth-order valence-electron chi connectivity index (χ4n) is 0.882. The Kier molecular flexibility index (Phi) is 3.65. The van der Waals surface area contributed by atoms with E-state index < -0.39 is 13.6 Å². The highest BCUT2D eigenvalue weighted by Gasteiger charge is 2.11. The van der Waals surface area contributed by atoms with Gasteiger partial charge >= 0.3 is 7.75 Å². The number of halogens is 1. The van der Waals surface area contributed by atoms with Crippen LogP contribution in [0.15, 0.2) is 18.2 Å². The maximum Gasteiger partial charge on any atom is 0.417 e. The summed E-state index contributed by atoms with van der Waals surface area (Å²) < 4.78 is 28.2. The van der Waals surface area contributed by atoms with Crippen LogP contribution in [0.3, 0.4) is 0 Å². The van der Waals surface area contributed by atoms with Crippen molar-refractivity contribution in [1.82, 2.24) is 5.20 Å². The summed E-state index contributed by atoms with van der Waals surface area (Å²) >= 11 is 0. The number of ether oxygens (including phenoxy) is 1. The highest BCUT2D eigenvalue weighted by Crippen LogP contribution is 2.28. The van der Waals surface area contributed by atoms with Gasteiger partial charge in [0.25, 0.3) is 0 Å². The first kappa shape index (κ1) is 11.9. The molecule has 6 nitrogen and oxygen atoms in total. The average Bonchev–Trinajstić information content (AvgIpc) is 2.14. The predicted octanol–water partition coefficient (Wildman–Crippen LogP) is 0.843. The maximum atomic E-state index is 13.1. The predicted molar refractivity (Wildman–Crippen MR) is 51.8 cm³/mol. The minimum absolute atomic E-state index is 0.0525. The molecule has 0 radical (unpaired) electrons. The second-order valence-electron chi connectivity index (χ2n) is 2.63. The minimum Gasteiger partial charge on any atom is -0.494 e. The molecular weight excluding hydrogens is 226 g/mol. The van der Waals surface area contributed by atoms with E-state index in [1.807, 2.05) is 0 Å². The normalized spacial score (nSPS) is 11.2. The molecule has 0 bridgehead atoms. The smallest absolute Gasteiger partial charge is 0.417 e. The number of hydrogen-bond acceptors (Lipinski definition) is 3. The maximum absolute atomic E-state index is 13.1. The SMILES string of the molecule is COc1ccc(NNP(=O)(O)O)cc1F. The molecule has 1 aromatic rings. The van der Waals surface area contributed by atoms with Gasteiger partial charge in [-0.2, -0.15) is 0 Å². The van der Waals surface area contributed by atoms with Crippen LogP contribution in [0.25, 0.3) is 0 Å². The van der Waals surface area contributed by atoms with Crippen LogP contribution < -0.4 is 15.4 Å². The van der Waals surface area contributed by atoms with Crippen LogP contribution in [0.1, 0.15) is 0 Å². The van der Waals surface area contributed by atoms with Gasteiger partial charge < -0.3 is 19.9 Å². The summed E-state index contributed by atoms with van der Waals surface area (Å²) in [6.45, 7) is 0. The standard InChI is InChI=1S/C7H10FN2O4P/c1-14-7-3-2-5(4-6(7)8)9-10-15(11,12)13/h2-4,9H,1H3,(H3,10,11,12,13). The molecule has 0 aromatic heterocycles. The molecule has 4 N–H and O–H groups in total. The van der Waals surface area contributed by atoms with Crippen molar-refractivity contribution >= 4 is 13.4 Å². The van der Waals surface area contributed by atoms with Gasteiger partial charge in [0.05, 0.1) is 12.8 Å². The number of methoxy groups -OCH3 is 1. The third-order valence-corrected chi connectivity index (χ3v) is 1.90. The highest BCUT2D eigenvalue weighted by atomic mass is 31.2. The fraction of sp³-hybridized carbons (Fsp3) is 0.143. The Morgan fingerprint density at radius 2 is 2.13 bits per heavy atom. The average molecular weight is 236 g/mol. The van der Waals surface area contributed by atoms with E-state index in [1.54, 1.807) is 5.20 Å². The van der Waals surface area contributed by atoms with E-state index in [2.05, 4.69) is 10.2 Å². The number of hydrogen-bond donors (Lipinski definition) is 4. The Balaban J connectivity index is 2.72. The molecule has 0 fully saturated rings. The molecule has 0 amide bonds. The van der Waals surface area contributed by atoms with Crippen molar-refractivity contribution in [3.8, 4) is 5.75 Å². The summed E-state index contributed by atoms with van der Waals surface area (Å²) in [5.74, 6) is -0.577. The molecular formula is C7H10FN2O4P. The summed E-state index contributed by atoms with van der Waals surface area (Å²) in [7, 11) is -3.06. The fourth-order valence-corrected chi connectivity index (χ4v) is 1.16. The number of nitrogens with one attached hydrogen (secondary N) is 2. The molecule has 0 aliphatic carbocycles. The Morgan fingerprint density at radius 3 is 2.60 bits per heavy atom. The van der Waals surface area contributed by atoms with Crippen molar-refractivity contribution in [3.63, 3.8) is 0 Å². The van der Waals surface area contributed by atoms with Gasteiger partial charge in [0.15, 0.2) is 11.6 Å². The van der Waals surface area contributed by atoms with E-state index in [-0.39, 0.29) is 11.4 Å². The molecule has 8 heteroatoms. The molecule has 0 saturated heterocycles. The van der Waals surface area contributed by atoms with Gasteiger partial charge in [-0.05, 0) is 12.1 Å². The van der Waals surface area contributed by atoms with Crippen molar-refractivity contribution in [2.24, 2.45) is 0 Å². The Hall–Kier alpha value is -1.14. The quantitative estimate of drug-likeness (QED) is 0.457. The summed E-state index contributed by atoms with van der Waals surface area (Å²) in [4.78, 5) is 16.9. The molecule has 0 aliphatic heterocycles. The first-order chi connectivity index (χ1) is 6.92. The van der Waals surface area contributed by atoms with Crippen LogP contribution in [0.2, 0.25) is 0 Å². The minimum atomic E-state index is -4.38. The van der Waals surface area contributed by atoms with Gasteiger partial charge in [0, 0.05) is 6.07 Å². The molecule has 0 heterocycles. The second-order valence-corrected chi connectivity index (χ2v) is 3.94. The van der Waals surface area contributed by atoms with Gasteiger partial charge in [-0.25, -0.2) is 8.96 Å². The Labute approximate surface area is 85.3 Å². The van der Waals surface area contributed by atoms with Crippen LogP contribution >= 0.6 is 7.75 Å². The van der Waals surface area contributed by atoms with E-state index >= 15 is 0 Å². The lowest BCUT2D eigenvalue weighted by Gasteiger charge is -2.10. The molecule has 0 spiro atoms. The number of benzene rings is 1. The third-order valence-electron chi connectivity index (χ3n) is 1.50. The molecule has 0 aliphatic rings. The van der Waals surface area contributed by atoms with Crippen molar-refractivity contribution in [1.29, 1.82) is 0 Å². The van der Waals surface area contributed by atoms with E-state index in [0.717, 1.165) is 6.07 Å². The van der Waals surface area contributed by atoms with E-state index in [4.69, 9.17) is 9.79 Å². The molecule has 84 valence electrons. The van der Waals surface area contributed by atoms with Gasteiger partial charge in [0.1, 0.15) is 0 Å². The molecule has 1 rings (SSSR count). The van der Waals surface area contributed by atoms with Crippen LogP contribution in [0, 0.1) is 5.82 Å². The van der Waals surface area contributed by atoms with Gasteiger partial charge in [-0.1, -0.05) is 0 Å². The molecule has 0 unspecified atom stereocenters. The van der Waals surface area contributed by atoms with E-state index in [9.17, 15) is 8.96 Å². The van der Waals surface area contributed by atoms with Crippen LogP contribution in [-0.4, -0.2) is 16.9 Å². The molecule has 0 saturated carbocycles. The number of rotatable bonds is 4. The monoisotopic (exact) mass is 236 g/mol. The zero-order valence-electron chi connectivity index (χ0n) is 7.77. The lowest BCUT2D eigenvalue weighted by Crippen LogP contribution is -2.17. The third kappa shape index (κ3) is 3.85. The largest absolute Gasteiger partial charge is 0.494 e. The topological polar surface area (TPSA) is 90.8 Å². The van der Waals surface area contributed by atoms with Crippen LogP contribution in [-0.2, 0) is 4.57 Å². The lowest BCUT2D eigenvalue weighted by molar-refractivity contribution is 0.362. The lowest BCUT2D eigenvalue weighted by atomic mass is 10.3. The van der Waals surface area contributed by atoms with Crippen LogP contribution in [0.5, 0.6) is 5.75 Å². The number of anilines is 1. The highest BCUT2D eigenvalue weighted by molar-refractivity contribution is 7.49. The molecule has 1 aromatic carbocycles. The van der Waals surface area contributed by atoms with Crippen molar-refractivity contribution < 1.29 is 23.5 Å². The Morgan fingerprint density at radius 1 is 1.47 bits per heavy atom. The van der Waals surface area contributed by atoms with Gasteiger partial charge in [0.2, 0.25) is 0 Å². The summed E-state index contributed by atoms with van der Waals surface area (Å²) in [6.07, 6.45) is 0. The zero-order chi connectivity index (χ0) is 11.5. The molecule has 15 heavy (non-hydrogen) atoms. The van der Waals surface area contributed by atoms with Gasteiger partial charge in [-0.3, -0.25) is 0 Å². The summed E-state index contributed by atoms with van der Waals surface area (Å²) in [5, 5.41) is 1.71. The first-order valence-electron chi connectivity index (χ1n) is 3.85. The summed E-state index contributed by atoms with van der Waals surface area (Å²) in [5.41, 5.74) is 2.35. The van der Waals surface area contributed by atoms with E-state index in [1.165, 1.54) is 19.2 Å². The summed E-state index contributed by atoms with van der Waals surface area (Å²) in [6, 6.07) is 3.78.